The van der Waals surface area contributed by atoms with Gasteiger partial charge in [0.1, 0.15) is 6.04 Å². The maximum Gasteiger partial charge on any atom is 0.248 e. The highest BCUT2D eigenvalue weighted by atomic mass is 16.2. The van der Waals surface area contributed by atoms with E-state index in [1.807, 2.05) is 56.5 Å². The minimum Gasteiger partial charge on any atom is -0.344 e. The molecule has 0 saturated heterocycles. The van der Waals surface area contributed by atoms with E-state index in [9.17, 15) is 9.59 Å². The molecular weight excluding hydrogens is 292 g/mol. The summed E-state index contributed by atoms with van der Waals surface area (Å²) in [5.74, 6) is 0.0484. The van der Waals surface area contributed by atoms with Crippen LogP contribution in [-0.2, 0) is 16.1 Å². The van der Waals surface area contributed by atoms with E-state index in [0.29, 0.717) is 12.5 Å². The molecule has 1 atom stereocenters. The lowest BCUT2D eigenvalue weighted by Gasteiger charge is -2.21. The molecule has 0 aliphatic heterocycles. The number of nitrogens with one attached hydrogen (secondary N) is 2. The lowest BCUT2D eigenvalue weighted by Crippen LogP contribution is -2.46. The zero-order valence-corrected chi connectivity index (χ0v) is 14.3. The first-order chi connectivity index (χ1) is 10.7. The van der Waals surface area contributed by atoms with Crippen LogP contribution in [0.1, 0.15) is 34.6 Å². The van der Waals surface area contributed by atoms with Gasteiger partial charge in [-0.25, -0.2) is 4.98 Å². The molecule has 1 aromatic heterocycles. The number of fused-ring (bicyclic) bond motifs is 1. The number of anilines is 1. The van der Waals surface area contributed by atoms with E-state index in [2.05, 4.69) is 15.6 Å². The molecule has 6 nitrogen and oxygen atoms in total. The Kier molecular flexibility index (Phi) is 4.73. The van der Waals surface area contributed by atoms with Crippen LogP contribution in [0.4, 0.5) is 5.95 Å². The number of carbonyl (C=O) groups is 2. The second kappa shape index (κ2) is 6.40. The Morgan fingerprint density at radius 3 is 2.52 bits per heavy atom. The minimum absolute atomic E-state index is 0.163. The van der Waals surface area contributed by atoms with Crippen LogP contribution in [0.25, 0.3) is 11.0 Å². The molecule has 2 N–H and O–H groups in total. The fraction of sp³-hybridized carbons (Fsp3) is 0.471. The number of aryl methyl sites for hydroxylation is 1. The second-order valence-corrected chi connectivity index (χ2v) is 6.60. The van der Waals surface area contributed by atoms with Crippen LogP contribution in [-0.4, -0.2) is 27.4 Å². The van der Waals surface area contributed by atoms with E-state index in [-0.39, 0.29) is 11.8 Å². The Hall–Kier alpha value is -2.37. The molecule has 1 heterocycles. The average Bonchev–Trinajstić information content (AvgIpc) is 2.82. The molecule has 1 unspecified atom stereocenters. The van der Waals surface area contributed by atoms with Crippen LogP contribution >= 0.6 is 0 Å². The highest BCUT2D eigenvalue weighted by Gasteiger charge is 2.25. The lowest BCUT2D eigenvalue weighted by atomic mass is 9.95. The molecule has 23 heavy (non-hydrogen) atoms. The largest absolute Gasteiger partial charge is 0.344 e. The number of rotatable bonds is 4. The first-order valence-electron chi connectivity index (χ1n) is 7.81. The average molecular weight is 316 g/mol. The molecule has 1 aromatic carbocycles. The maximum absolute atomic E-state index is 12.3. The second-order valence-electron chi connectivity index (χ2n) is 6.60. The van der Waals surface area contributed by atoms with E-state index in [4.69, 9.17) is 0 Å². The van der Waals surface area contributed by atoms with Crippen LogP contribution < -0.4 is 10.6 Å². The van der Waals surface area contributed by atoms with Gasteiger partial charge in [-0.2, -0.15) is 0 Å². The third kappa shape index (κ3) is 3.70. The van der Waals surface area contributed by atoms with E-state index in [0.717, 1.165) is 11.0 Å². The molecule has 0 saturated carbocycles. The third-order valence-electron chi connectivity index (χ3n) is 3.63. The Morgan fingerprint density at radius 2 is 1.91 bits per heavy atom. The van der Waals surface area contributed by atoms with Crippen LogP contribution in [0, 0.1) is 5.41 Å². The monoisotopic (exact) mass is 316 g/mol. The number of carbonyl (C=O) groups excluding carboxylic acids is 2. The number of imidazole rings is 1. The van der Waals surface area contributed by atoms with Gasteiger partial charge < -0.3 is 9.88 Å². The number of amides is 2. The summed E-state index contributed by atoms with van der Waals surface area (Å²) in [6.07, 6.45) is 0. The quantitative estimate of drug-likeness (QED) is 0.910. The van der Waals surface area contributed by atoms with Gasteiger partial charge in [0.25, 0.3) is 0 Å². The van der Waals surface area contributed by atoms with Crippen molar-refractivity contribution in [1.82, 2.24) is 14.9 Å². The zero-order valence-electron chi connectivity index (χ0n) is 14.3. The third-order valence-corrected chi connectivity index (χ3v) is 3.63. The Morgan fingerprint density at radius 1 is 1.26 bits per heavy atom. The van der Waals surface area contributed by atoms with Gasteiger partial charge in [-0.3, -0.25) is 14.9 Å². The van der Waals surface area contributed by atoms with Crippen LogP contribution in [0.2, 0.25) is 0 Å². The smallest absolute Gasteiger partial charge is 0.248 e. The molecule has 0 aliphatic carbocycles. The van der Waals surface area contributed by atoms with Crippen molar-refractivity contribution in [2.75, 3.05) is 5.32 Å². The van der Waals surface area contributed by atoms with Crippen molar-refractivity contribution in [3.63, 3.8) is 0 Å². The topological polar surface area (TPSA) is 76.0 Å². The van der Waals surface area contributed by atoms with Gasteiger partial charge in [0.15, 0.2) is 0 Å². The maximum atomic E-state index is 12.3. The van der Waals surface area contributed by atoms with Crippen molar-refractivity contribution in [1.29, 1.82) is 0 Å². The fourth-order valence-corrected chi connectivity index (χ4v) is 2.19. The highest BCUT2D eigenvalue weighted by molar-refractivity contribution is 5.97. The Bertz CT molecular complexity index is 728. The molecule has 124 valence electrons. The molecule has 0 aliphatic rings. The standard InChI is InChI=1S/C17H24N4O2/c1-6-21-13-10-8-7-9-12(13)19-16(21)20-14(22)11(2)18-15(23)17(3,4)5/h7-11H,6H2,1-5H3,(H,18,23)(H,19,20,22). The molecule has 0 spiro atoms. The van der Waals surface area contributed by atoms with Gasteiger partial charge in [-0.05, 0) is 26.0 Å². The van der Waals surface area contributed by atoms with Crippen molar-refractivity contribution < 1.29 is 9.59 Å². The van der Waals surface area contributed by atoms with E-state index in [1.54, 1.807) is 6.92 Å². The first kappa shape index (κ1) is 17.0. The van der Waals surface area contributed by atoms with Crippen molar-refractivity contribution in [3.8, 4) is 0 Å². The number of hydrogen-bond donors (Lipinski definition) is 2. The minimum atomic E-state index is -0.633. The molecule has 2 rings (SSSR count). The van der Waals surface area contributed by atoms with Gasteiger partial charge in [0, 0.05) is 12.0 Å². The first-order valence-corrected chi connectivity index (χ1v) is 7.81. The predicted octanol–water partition coefficient (Wildman–Crippen LogP) is 2.55. The Balaban J connectivity index is 2.15. The molecule has 0 bridgehead atoms. The number of benzene rings is 1. The molecular formula is C17H24N4O2. The summed E-state index contributed by atoms with van der Waals surface area (Å²) in [5, 5.41) is 5.53. The summed E-state index contributed by atoms with van der Waals surface area (Å²) in [4.78, 5) is 28.8. The summed E-state index contributed by atoms with van der Waals surface area (Å²) < 4.78 is 1.94. The predicted molar refractivity (Wildman–Crippen MR) is 91.1 cm³/mol. The van der Waals surface area contributed by atoms with Crippen molar-refractivity contribution >= 4 is 28.8 Å². The van der Waals surface area contributed by atoms with Crippen molar-refractivity contribution in [2.24, 2.45) is 5.41 Å². The van der Waals surface area contributed by atoms with Crippen LogP contribution in [0.15, 0.2) is 24.3 Å². The van der Waals surface area contributed by atoms with Gasteiger partial charge in [0.2, 0.25) is 17.8 Å². The van der Waals surface area contributed by atoms with Crippen LogP contribution in [0.3, 0.4) is 0 Å². The zero-order chi connectivity index (χ0) is 17.2. The van der Waals surface area contributed by atoms with E-state index < -0.39 is 11.5 Å². The number of aromatic nitrogens is 2. The van der Waals surface area contributed by atoms with E-state index in [1.165, 1.54) is 0 Å². The lowest BCUT2D eigenvalue weighted by molar-refractivity contribution is -0.131. The van der Waals surface area contributed by atoms with E-state index >= 15 is 0 Å². The van der Waals surface area contributed by atoms with Crippen molar-refractivity contribution in [2.45, 2.75) is 47.2 Å². The van der Waals surface area contributed by atoms with Gasteiger partial charge >= 0.3 is 0 Å². The summed E-state index contributed by atoms with van der Waals surface area (Å²) in [6, 6.07) is 7.09. The Labute approximate surface area is 136 Å². The molecule has 2 aromatic rings. The van der Waals surface area contributed by atoms with Gasteiger partial charge in [-0.1, -0.05) is 32.9 Å². The molecule has 0 fully saturated rings. The van der Waals surface area contributed by atoms with Gasteiger partial charge in [0.05, 0.1) is 11.0 Å². The molecule has 0 radical (unpaired) electrons. The highest BCUT2D eigenvalue weighted by Crippen LogP contribution is 2.19. The van der Waals surface area contributed by atoms with Crippen LogP contribution in [0.5, 0.6) is 0 Å². The SMILES string of the molecule is CCn1c(NC(=O)C(C)NC(=O)C(C)(C)C)nc2ccccc21. The van der Waals surface area contributed by atoms with Crippen molar-refractivity contribution in [3.05, 3.63) is 24.3 Å². The normalized spacial score (nSPS) is 12.9. The fourth-order valence-electron chi connectivity index (χ4n) is 2.19. The number of para-hydroxylation sites is 2. The summed E-state index contributed by atoms with van der Waals surface area (Å²) >= 11 is 0. The number of nitrogens with zero attached hydrogens (tertiary/aromatic N) is 2. The summed E-state index contributed by atoms with van der Waals surface area (Å²) in [6.45, 7) is 9.78. The molecule has 6 heteroatoms. The summed E-state index contributed by atoms with van der Waals surface area (Å²) in [5.41, 5.74) is 1.26. The summed E-state index contributed by atoms with van der Waals surface area (Å²) in [7, 11) is 0. The molecule has 2 amide bonds. The number of hydrogen-bond acceptors (Lipinski definition) is 3. The van der Waals surface area contributed by atoms with Gasteiger partial charge in [-0.15, -0.1) is 0 Å².